The minimum atomic E-state index is -0.522. The van der Waals surface area contributed by atoms with Crippen molar-refractivity contribution in [1.82, 2.24) is 0 Å². The first-order valence-corrected chi connectivity index (χ1v) is 3.42. The Morgan fingerprint density at radius 3 is 1.50 bits per heavy atom. The predicted octanol–water partition coefficient (Wildman–Crippen LogP) is -1.31. The predicted molar refractivity (Wildman–Crippen MR) is 39.5 cm³/mol. The van der Waals surface area contributed by atoms with E-state index in [1.54, 1.807) is 0 Å². The van der Waals surface area contributed by atoms with Gasteiger partial charge in [0, 0.05) is 0 Å². The molecule has 0 saturated carbocycles. The molecule has 0 heterocycles. The molecule has 0 saturated heterocycles. The van der Waals surface area contributed by atoms with E-state index >= 15 is 0 Å². The summed E-state index contributed by atoms with van der Waals surface area (Å²) < 4.78 is 8.74. The van der Waals surface area contributed by atoms with E-state index in [1.807, 2.05) is 0 Å². The fourth-order valence-electron chi connectivity index (χ4n) is 0.534. The van der Waals surface area contributed by atoms with E-state index in [-0.39, 0.29) is 26.3 Å². The monoisotopic (exact) mass is 176 g/mol. The van der Waals surface area contributed by atoms with Gasteiger partial charge < -0.3 is 9.47 Å². The van der Waals surface area contributed by atoms with Crippen LogP contribution in [0.1, 0.15) is 12.8 Å². The first kappa shape index (κ1) is 10.9. The molecule has 0 aliphatic rings. The number of hydrogen-bond donors (Lipinski definition) is 2. The number of carbonyl (C=O) groups is 2. The number of ether oxygens (including phenoxy) is 2. The molecule has 0 aromatic carbocycles. The molecule has 0 aromatic heterocycles. The highest BCUT2D eigenvalue weighted by molar-refractivity contribution is 5.77. The SMILES string of the molecule is NCOC(=O)CCC(=O)OCN. The van der Waals surface area contributed by atoms with Gasteiger partial charge in [-0.15, -0.1) is 0 Å². The van der Waals surface area contributed by atoms with E-state index in [4.69, 9.17) is 11.5 Å². The molecular formula is C6H12N2O4. The summed E-state index contributed by atoms with van der Waals surface area (Å²) in [5, 5.41) is 0. The van der Waals surface area contributed by atoms with Gasteiger partial charge in [-0.25, -0.2) is 0 Å². The first-order chi connectivity index (χ1) is 5.70. The molecule has 4 N–H and O–H groups in total. The van der Waals surface area contributed by atoms with Crippen LogP contribution >= 0.6 is 0 Å². The molecule has 6 nitrogen and oxygen atoms in total. The van der Waals surface area contributed by atoms with E-state index in [2.05, 4.69) is 9.47 Å². The van der Waals surface area contributed by atoms with Gasteiger partial charge in [-0.05, 0) is 0 Å². The molecule has 0 atom stereocenters. The summed E-state index contributed by atoms with van der Waals surface area (Å²) in [6.07, 6.45) is -0.0634. The standard InChI is InChI=1S/C6H12N2O4/c7-3-11-5(9)1-2-6(10)12-4-8/h1-4,7-8H2. The summed E-state index contributed by atoms with van der Waals surface area (Å²) in [7, 11) is 0. The van der Waals surface area contributed by atoms with Gasteiger partial charge in [0.1, 0.15) is 13.5 Å². The molecule has 0 amide bonds. The Morgan fingerprint density at radius 2 is 1.25 bits per heavy atom. The molecule has 0 rings (SSSR count). The lowest BCUT2D eigenvalue weighted by Crippen LogP contribution is -2.16. The summed E-state index contributed by atoms with van der Waals surface area (Å²) in [6.45, 7) is -0.352. The maximum atomic E-state index is 10.6. The zero-order valence-electron chi connectivity index (χ0n) is 6.62. The van der Waals surface area contributed by atoms with Crippen LogP contribution in [0.3, 0.4) is 0 Å². The normalized spacial score (nSPS) is 9.17. The number of hydrogen-bond acceptors (Lipinski definition) is 6. The Bertz CT molecular complexity index is 142. The van der Waals surface area contributed by atoms with Crippen molar-refractivity contribution in [3.8, 4) is 0 Å². The topological polar surface area (TPSA) is 105 Å². The molecule has 0 radical (unpaired) electrons. The third-order valence-electron chi connectivity index (χ3n) is 1.02. The quantitative estimate of drug-likeness (QED) is 0.398. The van der Waals surface area contributed by atoms with Crippen LogP contribution < -0.4 is 11.5 Å². The van der Waals surface area contributed by atoms with Crippen LogP contribution in [0.25, 0.3) is 0 Å². The van der Waals surface area contributed by atoms with Crippen LogP contribution in [0.5, 0.6) is 0 Å². The van der Waals surface area contributed by atoms with Gasteiger partial charge in [0.05, 0.1) is 12.8 Å². The Balaban J connectivity index is 3.40. The Hall–Kier alpha value is -1.14. The lowest BCUT2D eigenvalue weighted by atomic mass is 10.3. The van der Waals surface area contributed by atoms with Crippen LogP contribution in [-0.2, 0) is 19.1 Å². The lowest BCUT2D eigenvalue weighted by Gasteiger charge is -2.01. The van der Waals surface area contributed by atoms with Crippen molar-refractivity contribution < 1.29 is 19.1 Å². The van der Waals surface area contributed by atoms with Crippen LogP contribution in [0.15, 0.2) is 0 Å². The van der Waals surface area contributed by atoms with Crippen LogP contribution in [0.2, 0.25) is 0 Å². The van der Waals surface area contributed by atoms with Gasteiger partial charge in [0.15, 0.2) is 0 Å². The van der Waals surface area contributed by atoms with Crippen molar-refractivity contribution in [1.29, 1.82) is 0 Å². The molecule has 70 valence electrons. The third kappa shape index (κ3) is 5.63. The van der Waals surface area contributed by atoms with Crippen molar-refractivity contribution in [3.63, 3.8) is 0 Å². The van der Waals surface area contributed by atoms with E-state index < -0.39 is 11.9 Å². The van der Waals surface area contributed by atoms with Crippen molar-refractivity contribution in [3.05, 3.63) is 0 Å². The maximum absolute atomic E-state index is 10.6. The summed E-state index contributed by atoms with van der Waals surface area (Å²) in [6, 6.07) is 0. The van der Waals surface area contributed by atoms with Crippen LogP contribution in [0.4, 0.5) is 0 Å². The Morgan fingerprint density at radius 1 is 0.917 bits per heavy atom. The summed E-state index contributed by atoms with van der Waals surface area (Å²) in [5.41, 5.74) is 9.83. The molecule has 0 aliphatic heterocycles. The number of carbonyl (C=O) groups excluding carboxylic acids is 2. The second-order valence-electron chi connectivity index (χ2n) is 1.87. The molecular weight excluding hydrogens is 164 g/mol. The minimum absolute atomic E-state index is 0.0317. The van der Waals surface area contributed by atoms with Crippen molar-refractivity contribution >= 4 is 11.9 Å². The van der Waals surface area contributed by atoms with E-state index in [0.29, 0.717) is 0 Å². The summed E-state index contributed by atoms with van der Waals surface area (Å²) >= 11 is 0. The number of nitrogens with two attached hydrogens (primary N) is 2. The smallest absolute Gasteiger partial charge is 0.307 e. The maximum Gasteiger partial charge on any atom is 0.307 e. The Labute approximate surface area is 69.8 Å². The molecule has 12 heavy (non-hydrogen) atoms. The van der Waals surface area contributed by atoms with Gasteiger partial charge in [0.25, 0.3) is 0 Å². The summed E-state index contributed by atoms with van der Waals surface area (Å²) in [4.78, 5) is 21.2. The third-order valence-corrected chi connectivity index (χ3v) is 1.02. The van der Waals surface area contributed by atoms with Gasteiger partial charge >= 0.3 is 11.9 Å². The highest BCUT2D eigenvalue weighted by Gasteiger charge is 2.07. The molecule has 6 heteroatoms. The van der Waals surface area contributed by atoms with Crippen molar-refractivity contribution in [2.45, 2.75) is 12.8 Å². The second kappa shape index (κ2) is 6.56. The average Bonchev–Trinajstić information content (AvgIpc) is 2.02. The Kier molecular flexibility index (Phi) is 5.94. The van der Waals surface area contributed by atoms with Crippen molar-refractivity contribution in [2.75, 3.05) is 13.5 Å². The minimum Gasteiger partial charge on any atom is -0.450 e. The zero-order valence-corrected chi connectivity index (χ0v) is 6.62. The molecule has 0 unspecified atom stereocenters. The van der Waals surface area contributed by atoms with Crippen LogP contribution in [-0.4, -0.2) is 25.4 Å². The number of esters is 2. The average molecular weight is 176 g/mol. The van der Waals surface area contributed by atoms with Crippen LogP contribution in [0, 0.1) is 0 Å². The highest BCUT2D eigenvalue weighted by Crippen LogP contribution is 1.94. The fourth-order valence-corrected chi connectivity index (χ4v) is 0.534. The molecule has 0 bridgehead atoms. The zero-order chi connectivity index (χ0) is 9.40. The largest absolute Gasteiger partial charge is 0.450 e. The van der Waals surface area contributed by atoms with Crippen molar-refractivity contribution in [2.24, 2.45) is 11.5 Å². The molecule has 0 aromatic rings. The van der Waals surface area contributed by atoms with E-state index in [9.17, 15) is 9.59 Å². The second-order valence-corrected chi connectivity index (χ2v) is 1.87. The fraction of sp³-hybridized carbons (Fsp3) is 0.667. The highest BCUT2D eigenvalue weighted by atomic mass is 16.5. The van der Waals surface area contributed by atoms with E-state index in [1.165, 1.54) is 0 Å². The molecule has 0 fully saturated rings. The number of rotatable bonds is 5. The van der Waals surface area contributed by atoms with Gasteiger partial charge in [-0.1, -0.05) is 0 Å². The van der Waals surface area contributed by atoms with Gasteiger partial charge in [-0.3, -0.25) is 21.1 Å². The first-order valence-electron chi connectivity index (χ1n) is 3.42. The van der Waals surface area contributed by atoms with Gasteiger partial charge in [0.2, 0.25) is 0 Å². The molecule has 0 aliphatic carbocycles. The van der Waals surface area contributed by atoms with Gasteiger partial charge in [-0.2, -0.15) is 0 Å². The van der Waals surface area contributed by atoms with E-state index in [0.717, 1.165) is 0 Å². The lowest BCUT2D eigenvalue weighted by molar-refractivity contribution is -0.150. The summed E-state index contributed by atoms with van der Waals surface area (Å²) in [5.74, 6) is -1.04. The molecule has 0 spiro atoms.